The number of anilines is 1. The van der Waals surface area contributed by atoms with Gasteiger partial charge in [0.15, 0.2) is 5.82 Å². The first-order chi connectivity index (χ1) is 8.05. The van der Waals surface area contributed by atoms with Crippen molar-refractivity contribution >= 4 is 5.82 Å². The van der Waals surface area contributed by atoms with Gasteiger partial charge in [-0.1, -0.05) is 13.8 Å². The molecule has 0 aliphatic heterocycles. The summed E-state index contributed by atoms with van der Waals surface area (Å²) in [7, 11) is 1.70. The van der Waals surface area contributed by atoms with Gasteiger partial charge in [0.1, 0.15) is 11.4 Å². The summed E-state index contributed by atoms with van der Waals surface area (Å²) in [6.07, 6.45) is 1.92. The number of aryl methyl sites for hydroxylation is 1. The molecule has 1 unspecified atom stereocenters. The van der Waals surface area contributed by atoms with Crippen LogP contribution in [0.4, 0.5) is 5.82 Å². The fraction of sp³-hybridized carbons (Fsp3) is 0.692. The lowest BCUT2D eigenvalue weighted by Gasteiger charge is -2.25. The topological polar surface area (TPSA) is 47.0 Å². The fourth-order valence-electron chi connectivity index (χ4n) is 1.54. The molecule has 1 atom stereocenters. The number of nitrogens with zero attached hydrogens (tertiary/aromatic N) is 2. The van der Waals surface area contributed by atoms with Gasteiger partial charge in [-0.3, -0.25) is 0 Å². The first kappa shape index (κ1) is 13.9. The number of nitrogens with one attached hydrogen (secondary N) is 1. The minimum absolute atomic E-state index is 0.408. The Balaban J connectivity index is 3.03. The van der Waals surface area contributed by atoms with E-state index in [9.17, 15) is 0 Å². The zero-order chi connectivity index (χ0) is 12.9. The Morgan fingerprint density at radius 2 is 2.06 bits per heavy atom. The molecule has 0 saturated heterocycles. The Labute approximate surface area is 104 Å². The number of hydrogen-bond acceptors (Lipinski definition) is 4. The summed E-state index contributed by atoms with van der Waals surface area (Å²) in [6, 6.07) is 1.96. The molecular weight excluding hydrogens is 214 g/mol. The molecule has 0 saturated carbocycles. The van der Waals surface area contributed by atoms with Crippen LogP contribution in [0.3, 0.4) is 0 Å². The van der Waals surface area contributed by atoms with Gasteiger partial charge >= 0.3 is 0 Å². The highest BCUT2D eigenvalue weighted by Gasteiger charge is 2.27. The molecule has 0 radical (unpaired) electrons. The van der Waals surface area contributed by atoms with E-state index in [1.54, 1.807) is 7.11 Å². The van der Waals surface area contributed by atoms with E-state index in [4.69, 9.17) is 4.74 Å². The SMILES string of the molecule is CCCNc1cc(C)nc(C(C)(CC)OC)n1. The van der Waals surface area contributed by atoms with Gasteiger partial charge in [-0.15, -0.1) is 0 Å². The van der Waals surface area contributed by atoms with E-state index in [0.29, 0.717) is 0 Å². The summed E-state index contributed by atoms with van der Waals surface area (Å²) in [5.41, 5.74) is 0.555. The van der Waals surface area contributed by atoms with E-state index in [1.165, 1.54) is 0 Å². The molecule has 4 heteroatoms. The van der Waals surface area contributed by atoms with Crippen LogP contribution in [0.1, 0.15) is 45.1 Å². The Kier molecular flexibility index (Phi) is 4.87. The van der Waals surface area contributed by atoms with Crippen LogP contribution in [-0.2, 0) is 10.3 Å². The van der Waals surface area contributed by atoms with Crippen LogP contribution in [-0.4, -0.2) is 23.6 Å². The zero-order valence-corrected chi connectivity index (χ0v) is 11.5. The molecule has 96 valence electrons. The number of methoxy groups -OCH3 is 1. The number of aromatic nitrogens is 2. The minimum Gasteiger partial charge on any atom is -0.371 e. The van der Waals surface area contributed by atoms with Crippen LogP contribution < -0.4 is 5.32 Å². The number of ether oxygens (including phenoxy) is 1. The highest BCUT2D eigenvalue weighted by Crippen LogP contribution is 2.26. The molecule has 0 amide bonds. The third-order valence-corrected chi connectivity index (χ3v) is 3.01. The molecule has 0 bridgehead atoms. The van der Waals surface area contributed by atoms with Crippen LogP contribution in [0.25, 0.3) is 0 Å². The minimum atomic E-state index is -0.408. The van der Waals surface area contributed by atoms with Gasteiger partial charge in [-0.25, -0.2) is 9.97 Å². The fourth-order valence-corrected chi connectivity index (χ4v) is 1.54. The number of rotatable bonds is 6. The standard InChI is InChI=1S/C13H23N3O/c1-6-8-14-11-9-10(3)15-12(16-11)13(4,7-2)17-5/h9H,6-8H2,1-5H3,(H,14,15,16). The molecule has 17 heavy (non-hydrogen) atoms. The average molecular weight is 237 g/mol. The monoisotopic (exact) mass is 237 g/mol. The predicted molar refractivity (Wildman–Crippen MR) is 70.2 cm³/mol. The average Bonchev–Trinajstić information content (AvgIpc) is 2.34. The van der Waals surface area contributed by atoms with Gasteiger partial charge in [-0.2, -0.15) is 0 Å². The lowest BCUT2D eigenvalue weighted by molar-refractivity contribution is -0.00899. The van der Waals surface area contributed by atoms with E-state index < -0.39 is 5.60 Å². The van der Waals surface area contributed by atoms with Crippen molar-refractivity contribution in [3.05, 3.63) is 17.6 Å². The van der Waals surface area contributed by atoms with Crippen LogP contribution in [0.2, 0.25) is 0 Å². The van der Waals surface area contributed by atoms with Crippen LogP contribution >= 0.6 is 0 Å². The maximum Gasteiger partial charge on any atom is 0.162 e. The van der Waals surface area contributed by atoms with Crippen molar-refractivity contribution in [1.29, 1.82) is 0 Å². The second-order valence-corrected chi connectivity index (χ2v) is 4.43. The first-order valence-electron chi connectivity index (χ1n) is 6.21. The lowest BCUT2D eigenvalue weighted by atomic mass is 10.0. The van der Waals surface area contributed by atoms with Crippen LogP contribution in [0, 0.1) is 6.92 Å². The molecule has 0 aromatic carbocycles. The van der Waals surface area contributed by atoms with Crippen molar-refractivity contribution in [2.24, 2.45) is 0 Å². The smallest absolute Gasteiger partial charge is 0.162 e. The normalized spacial score (nSPS) is 14.4. The van der Waals surface area contributed by atoms with Gasteiger partial charge in [-0.05, 0) is 26.7 Å². The van der Waals surface area contributed by atoms with Gasteiger partial charge in [0.05, 0.1) is 0 Å². The van der Waals surface area contributed by atoms with Crippen molar-refractivity contribution in [3.8, 4) is 0 Å². The Bertz CT molecular complexity index is 362. The maximum absolute atomic E-state index is 5.53. The molecule has 1 heterocycles. The molecule has 0 spiro atoms. The van der Waals surface area contributed by atoms with Crippen molar-refractivity contribution in [2.45, 2.75) is 46.1 Å². The predicted octanol–water partition coefficient (Wildman–Crippen LogP) is 2.88. The van der Waals surface area contributed by atoms with Gasteiger partial charge in [0.2, 0.25) is 0 Å². The van der Waals surface area contributed by atoms with Gasteiger partial charge in [0.25, 0.3) is 0 Å². The Morgan fingerprint density at radius 1 is 1.35 bits per heavy atom. The second kappa shape index (κ2) is 5.96. The molecule has 0 aliphatic carbocycles. The van der Waals surface area contributed by atoms with E-state index in [-0.39, 0.29) is 0 Å². The van der Waals surface area contributed by atoms with Crippen molar-refractivity contribution in [2.75, 3.05) is 19.0 Å². The number of hydrogen-bond donors (Lipinski definition) is 1. The van der Waals surface area contributed by atoms with E-state index in [2.05, 4.69) is 29.1 Å². The van der Waals surface area contributed by atoms with Gasteiger partial charge < -0.3 is 10.1 Å². The summed E-state index contributed by atoms with van der Waals surface area (Å²) in [5.74, 6) is 1.63. The molecule has 1 N–H and O–H groups in total. The molecule has 4 nitrogen and oxygen atoms in total. The third kappa shape index (κ3) is 3.40. The molecule has 0 fully saturated rings. The largest absolute Gasteiger partial charge is 0.371 e. The van der Waals surface area contributed by atoms with Crippen molar-refractivity contribution in [1.82, 2.24) is 9.97 Å². The molecule has 1 aromatic heterocycles. The summed E-state index contributed by atoms with van der Waals surface area (Å²) < 4.78 is 5.53. The molecular formula is C13H23N3O. The molecule has 0 aliphatic rings. The van der Waals surface area contributed by atoms with Crippen LogP contribution in [0.5, 0.6) is 0 Å². The zero-order valence-electron chi connectivity index (χ0n) is 11.5. The summed E-state index contributed by atoms with van der Waals surface area (Å²) in [4.78, 5) is 9.02. The summed E-state index contributed by atoms with van der Waals surface area (Å²) >= 11 is 0. The van der Waals surface area contributed by atoms with Gasteiger partial charge in [0, 0.05) is 25.4 Å². The lowest BCUT2D eigenvalue weighted by Crippen LogP contribution is -2.27. The Morgan fingerprint density at radius 3 is 2.59 bits per heavy atom. The highest BCUT2D eigenvalue weighted by atomic mass is 16.5. The quantitative estimate of drug-likeness (QED) is 0.826. The summed E-state index contributed by atoms with van der Waals surface area (Å²) in [6.45, 7) is 9.13. The van der Waals surface area contributed by atoms with Crippen molar-refractivity contribution < 1.29 is 4.74 Å². The van der Waals surface area contributed by atoms with Crippen molar-refractivity contribution in [3.63, 3.8) is 0 Å². The maximum atomic E-state index is 5.53. The molecule has 1 aromatic rings. The van der Waals surface area contributed by atoms with E-state index >= 15 is 0 Å². The Hall–Kier alpha value is -1.16. The third-order valence-electron chi connectivity index (χ3n) is 3.01. The second-order valence-electron chi connectivity index (χ2n) is 4.43. The molecule has 1 rings (SSSR count). The highest BCUT2D eigenvalue weighted by molar-refractivity contribution is 5.36. The first-order valence-corrected chi connectivity index (χ1v) is 6.21. The summed E-state index contributed by atoms with van der Waals surface area (Å²) in [5, 5.41) is 3.29. The van der Waals surface area contributed by atoms with E-state index in [0.717, 1.165) is 36.7 Å². The van der Waals surface area contributed by atoms with E-state index in [1.807, 2.05) is 19.9 Å². The van der Waals surface area contributed by atoms with Crippen LogP contribution in [0.15, 0.2) is 6.07 Å².